The lowest BCUT2D eigenvalue weighted by molar-refractivity contribution is -0.121. The van der Waals surface area contributed by atoms with Crippen molar-refractivity contribution in [2.24, 2.45) is 0 Å². The highest BCUT2D eigenvalue weighted by Crippen LogP contribution is 2.35. The first-order valence-electron chi connectivity index (χ1n) is 13.7. The van der Waals surface area contributed by atoms with Crippen molar-refractivity contribution >= 4 is 52.8 Å². The van der Waals surface area contributed by atoms with Crippen molar-refractivity contribution in [1.29, 1.82) is 0 Å². The fraction of sp³-hybridized carbons (Fsp3) is 0.118. The van der Waals surface area contributed by atoms with Crippen molar-refractivity contribution in [1.82, 2.24) is 5.32 Å². The molecule has 2 N–H and O–H groups in total. The van der Waals surface area contributed by atoms with Crippen LogP contribution in [-0.2, 0) is 14.4 Å². The third-order valence-corrected chi connectivity index (χ3v) is 7.93. The van der Waals surface area contributed by atoms with E-state index in [9.17, 15) is 19.2 Å². The van der Waals surface area contributed by atoms with Gasteiger partial charge in [-0.3, -0.25) is 19.2 Å². The second-order valence-corrected chi connectivity index (χ2v) is 11.0. The molecule has 10 heteroatoms. The molecule has 1 fully saturated rings. The molecule has 1 aliphatic heterocycles. The Balaban J connectivity index is 1.37. The number of hydrogen-bond donors (Lipinski definition) is 2. The molecule has 5 rings (SSSR count). The summed E-state index contributed by atoms with van der Waals surface area (Å²) in [4.78, 5) is 54.4. The molecule has 0 saturated carbocycles. The van der Waals surface area contributed by atoms with Gasteiger partial charge in [0.1, 0.15) is 17.2 Å². The molecular weight excluding hydrogens is 578 g/mol. The molecule has 4 amide bonds. The molecule has 0 aromatic heterocycles. The number of carbonyl (C=O) groups is 4. The van der Waals surface area contributed by atoms with E-state index >= 15 is 0 Å². The van der Waals surface area contributed by atoms with E-state index in [1.807, 2.05) is 6.07 Å². The Morgan fingerprint density at radius 2 is 1.59 bits per heavy atom. The lowest BCUT2D eigenvalue weighted by atomic mass is 10.1. The smallest absolute Gasteiger partial charge is 0.272 e. The van der Waals surface area contributed by atoms with E-state index < -0.39 is 17.1 Å². The SMILES string of the molecule is COc1ccc(OC)c(C=C(NC(=O)c2ccccc2)C(=O)Nc2cccc(SC3CC(=O)N(c4ccccc4)C3=O)c2)c1. The van der Waals surface area contributed by atoms with Crippen LogP contribution in [0.2, 0.25) is 0 Å². The fourth-order valence-corrected chi connectivity index (χ4v) is 5.72. The quantitative estimate of drug-likeness (QED) is 0.180. The number of nitrogens with zero attached hydrogens (tertiary/aromatic N) is 1. The van der Waals surface area contributed by atoms with E-state index in [4.69, 9.17) is 9.47 Å². The summed E-state index contributed by atoms with van der Waals surface area (Å²) < 4.78 is 10.8. The van der Waals surface area contributed by atoms with E-state index in [1.165, 1.54) is 37.0 Å². The first kappa shape index (κ1) is 30.1. The van der Waals surface area contributed by atoms with Gasteiger partial charge in [0.2, 0.25) is 11.8 Å². The summed E-state index contributed by atoms with van der Waals surface area (Å²) in [7, 11) is 3.03. The van der Waals surface area contributed by atoms with Crippen molar-refractivity contribution in [3.05, 3.63) is 120 Å². The van der Waals surface area contributed by atoms with Gasteiger partial charge in [-0.05, 0) is 66.7 Å². The highest BCUT2D eigenvalue weighted by Gasteiger charge is 2.40. The van der Waals surface area contributed by atoms with Gasteiger partial charge in [-0.25, -0.2) is 4.90 Å². The molecule has 9 nitrogen and oxygen atoms in total. The first-order chi connectivity index (χ1) is 21.4. The van der Waals surface area contributed by atoms with Gasteiger partial charge < -0.3 is 20.1 Å². The number of thioether (sulfide) groups is 1. The van der Waals surface area contributed by atoms with Gasteiger partial charge in [-0.2, -0.15) is 0 Å². The number of carbonyl (C=O) groups excluding carboxylic acids is 4. The van der Waals surface area contributed by atoms with Gasteiger partial charge in [-0.1, -0.05) is 42.5 Å². The Hall–Kier alpha value is -5.35. The highest BCUT2D eigenvalue weighted by molar-refractivity contribution is 8.00. The minimum absolute atomic E-state index is 0.0291. The Morgan fingerprint density at radius 3 is 2.30 bits per heavy atom. The van der Waals surface area contributed by atoms with Crippen LogP contribution in [0.15, 0.2) is 114 Å². The van der Waals surface area contributed by atoms with E-state index in [0.717, 1.165) is 0 Å². The molecule has 44 heavy (non-hydrogen) atoms. The largest absolute Gasteiger partial charge is 0.497 e. The van der Waals surface area contributed by atoms with Gasteiger partial charge in [0.15, 0.2) is 0 Å². The molecule has 1 saturated heterocycles. The van der Waals surface area contributed by atoms with Crippen molar-refractivity contribution in [2.45, 2.75) is 16.6 Å². The molecule has 0 aliphatic carbocycles. The van der Waals surface area contributed by atoms with Crippen LogP contribution in [0.1, 0.15) is 22.3 Å². The third-order valence-electron chi connectivity index (χ3n) is 6.76. The molecule has 1 atom stereocenters. The molecule has 222 valence electrons. The number of ether oxygens (including phenoxy) is 2. The summed E-state index contributed by atoms with van der Waals surface area (Å²) in [5.74, 6) is -0.582. The average Bonchev–Trinajstić information content (AvgIpc) is 3.33. The Kier molecular flexibility index (Phi) is 9.41. The number of methoxy groups -OCH3 is 2. The molecule has 0 spiro atoms. The summed E-state index contributed by atoms with van der Waals surface area (Å²) in [6, 6.07) is 29.4. The van der Waals surface area contributed by atoms with Gasteiger partial charge in [0, 0.05) is 28.1 Å². The molecule has 0 radical (unpaired) electrons. The summed E-state index contributed by atoms with van der Waals surface area (Å²) >= 11 is 1.25. The predicted octanol–water partition coefficient (Wildman–Crippen LogP) is 5.54. The standard InChI is InChI=1S/C34H29N3O6S/c1-42-26-16-17-29(43-2)23(18-26)19-28(36-32(39)22-10-5-3-6-11-22)33(40)35-24-12-9-15-27(20-24)44-30-21-31(38)37(34(30)41)25-13-7-4-8-14-25/h3-20,30H,21H2,1-2H3,(H,35,40)(H,36,39). The monoisotopic (exact) mass is 607 g/mol. The highest BCUT2D eigenvalue weighted by atomic mass is 32.2. The third kappa shape index (κ3) is 6.99. The number of para-hydroxylation sites is 1. The van der Waals surface area contributed by atoms with Crippen LogP contribution >= 0.6 is 11.8 Å². The van der Waals surface area contributed by atoms with E-state index in [2.05, 4.69) is 10.6 Å². The van der Waals surface area contributed by atoms with E-state index in [-0.39, 0.29) is 23.9 Å². The molecular formula is C34H29N3O6S. The van der Waals surface area contributed by atoms with Crippen LogP contribution in [-0.4, -0.2) is 43.1 Å². The van der Waals surface area contributed by atoms with E-state index in [1.54, 1.807) is 97.1 Å². The predicted molar refractivity (Wildman–Crippen MR) is 170 cm³/mol. The molecule has 1 heterocycles. The lowest BCUT2D eigenvalue weighted by Gasteiger charge is -2.15. The lowest BCUT2D eigenvalue weighted by Crippen LogP contribution is -2.31. The fourth-order valence-electron chi connectivity index (χ4n) is 4.60. The molecule has 4 aromatic carbocycles. The molecule has 1 unspecified atom stereocenters. The Bertz CT molecular complexity index is 1730. The number of rotatable bonds is 10. The van der Waals surface area contributed by atoms with E-state index in [0.29, 0.717) is 38.9 Å². The van der Waals surface area contributed by atoms with Gasteiger partial charge in [0.05, 0.1) is 25.2 Å². The van der Waals surface area contributed by atoms with Crippen LogP contribution in [0.5, 0.6) is 11.5 Å². The summed E-state index contributed by atoms with van der Waals surface area (Å²) in [5, 5.41) is 4.95. The summed E-state index contributed by atoms with van der Waals surface area (Å²) in [6.07, 6.45) is 1.58. The topological polar surface area (TPSA) is 114 Å². The zero-order valence-electron chi connectivity index (χ0n) is 24.0. The van der Waals surface area contributed by atoms with Crippen LogP contribution in [0, 0.1) is 0 Å². The number of amides is 4. The van der Waals surface area contributed by atoms with Gasteiger partial charge >= 0.3 is 0 Å². The van der Waals surface area contributed by atoms with Crippen molar-refractivity contribution in [3.63, 3.8) is 0 Å². The number of anilines is 2. The van der Waals surface area contributed by atoms with Crippen molar-refractivity contribution in [3.8, 4) is 11.5 Å². The summed E-state index contributed by atoms with van der Waals surface area (Å²) in [5.41, 5.74) is 1.84. The second-order valence-electron chi connectivity index (χ2n) is 9.68. The number of imide groups is 1. The van der Waals surface area contributed by atoms with Crippen LogP contribution < -0.4 is 25.0 Å². The molecule has 0 bridgehead atoms. The maximum atomic E-state index is 13.6. The van der Waals surface area contributed by atoms with Crippen molar-refractivity contribution < 1.29 is 28.7 Å². The minimum atomic E-state index is -0.602. The van der Waals surface area contributed by atoms with Crippen LogP contribution in [0.3, 0.4) is 0 Å². The number of hydrogen-bond acceptors (Lipinski definition) is 7. The molecule has 1 aliphatic rings. The molecule has 4 aromatic rings. The number of benzene rings is 4. The zero-order valence-corrected chi connectivity index (χ0v) is 24.8. The Labute approximate surface area is 258 Å². The van der Waals surface area contributed by atoms with Gasteiger partial charge in [-0.15, -0.1) is 11.8 Å². The van der Waals surface area contributed by atoms with Crippen LogP contribution in [0.4, 0.5) is 11.4 Å². The normalized spacial score (nSPS) is 14.7. The second kappa shape index (κ2) is 13.7. The zero-order chi connectivity index (χ0) is 31.1. The number of nitrogens with one attached hydrogen (secondary N) is 2. The first-order valence-corrected chi connectivity index (χ1v) is 14.5. The maximum absolute atomic E-state index is 13.6. The van der Waals surface area contributed by atoms with Crippen molar-refractivity contribution in [2.75, 3.05) is 24.4 Å². The Morgan fingerprint density at radius 1 is 0.864 bits per heavy atom. The minimum Gasteiger partial charge on any atom is -0.497 e. The average molecular weight is 608 g/mol. The van der Waals surface area contributed by atoms with Crippen LogP contribution in [0.25, 0.3) is 6.08 Å². The van der Waals surface area contributed by atoms with Gasteiger partial charge in [0.25, 0.3) is 11.8 Å². The summed E-state index contributed by atoms with van der Waals surface area (Å²) in [6.45, 7) is 0. The maximum Gasteiger partial charge on any atom is 0.272 e.